The van der Waals surface area contributed by atoms with Crippen LogP contribution < -0.4 is 0 Å². The number of rotatable bonds is 7. The maximum absolute atomic E-state index is 5.90. The number of nitrogens with zero attached hydrogens (tertiary/aromatic N) is 8. The Hall–Kier alpha value is -15.1. The number of aromatic nitrogens is 8. The molecular formula is C104H58N8. The van der Waals surface area contributed by atoms with Gasteiger partial charge in [0.1, 0.15) is 0 Å². The SMILES string of the molecule is c1ccc2cc(-c3nc4c(-c5ccc6c7cc8c9ccc%10ccccc%10c9n(-c9ccc(-c%10nc%11ccccc%11nc%10-c%10cccc%11ccccc%10%11)cc9)c8c8c9ccccc9n(c6c5)c78)cccc4nc3-c3ccc(-n4c5c6ccccc6ccc5c5cc6c7ccccc7n7c8ccccc8c(c54)c67)cc3)ccc2c1. The lowest BCUT2D eigenvalue weighted by Crippen LogP contribution is -1.99. The molecule has 112 heavy (non-hydrogen) atoms. The molecule has 0 spiro atoms. The van der Waals surface area contributed by atoms with Gasteiger partial charge in [-0.15, -0.1) is 0 Å². The van der Waals surface area contributed by atoms with Gasteiger partial charge >= 0.3 is 0 Å². The molecule has 0 aliphatic carbocycles. The highest BCUT2D eigenvalue weighted by atomic mass is 15.0. The van der Waals surface area contributed by atoms with Gasteiger partial charge < -0.3 is 17.9 Å². The molecular weight excluding hydrogens is 1360 g/mol. The Morgan fingerprint density at radius 1 is 0.188 bits per heavy atom. The van der Waals surface area contributed by atoms with Crippen molar-refractivity contribution in [1.29, 1.82) is 0 Å². The number of hydrogen-bond donors (Lipinski definition) is 0. The third-order valence-corrected chi connectivity index (χ3v) is 24.5. The van der Waals surface area contributed by atoms with Gasteiger partial charge in [0.15, 0.2) is 0 Å². The van der Waals surface area contributed by atoms with Crippen LogP contribution in [0.25, 0.3) is 252 Å². The van der Waals surface area contributed by atoms with Gasteiger partial charge in [-0.3, -0.25) is 0 Å². The molecule has 0 aliphatic heterocycles. The summed E-state index contributed by atoms with van der Waals surface area (Å²) >= 11 is 0. The average molecular weight is 1420 g/mol. The third-order valence-electron chi connectivity index (χ3n) is 24.5. The number of hydrogen-bond acceptors (Lipinski definition) is 4. The lowest BCUT2D eigenvalue weighted by Gasteiger charge is -2.15. The molecule has 0 fully saturated rings. The van der Waals surface area contributed by atoms with Crippen LogP contribution in [0.1, 0.15) is 0 Å². The molecule has 26 aromatic rings. The van der Waals surface area contributed by atoms with Crippen molar-refractivity contribution >= 4 is 185 Å². The number of benzene rings is 18. The molecule has 8 aromatic heterocycles. The van der Waals surface area contributed by atoms with Crippen molar-refractivity contribution < 1.29 is 0 Å². The van der Waals surface area contributed by atoms with Crippen molar-refractivity contribution in [3.63, 3.8) is 0 Å². The van der Waals surface area contributed by atoms with Crippen LogP contribution in [0.4, 0.5) is 0 Å². The number of para-hydroxylation sites is 6. The fourth-order valence-corrected chi connectivity index (χ4v) is 19.7. The van der Waals surface area contributed by atoms with Crippen molar-refractivity contribution in [3.05, 3.63) is 352 Å². The first-order chi connectivity index (χ1) is 55.6. The fraction of sp³-hybridized carbons (Fsp3) is 0. The van der Waals surface area contributed by atoms with Gasteiger partial charge in [0, 0.05) is 115 Å². The van der Waals surface area contributed by atoms with Gasteiger partial charge in [0.2, 0.25) is 0 Å². The summed E-state index contributed by atoms with van der Waals surface area (Å²) in [6.07, 6.45) is 0. The van der Waals surface area contributed by atoms with Gasteiger partial charge in [-0.05, 0) is 123 Å². The lowest BCUT2D eigenvalue weighted by molar-refractivity contribution is 1.19. The topological polar surface area (TPSA) is 70.2 Å². The van der Waals surface area contributed by atoms with Gasteiger partial charge in [-0.1, -0.05) is 267 Å². The summed E-state index contributed by atoms with van der Waals surface area (Å²) < 4.78 is 10.1. The normalized spacial score (nSPS) is 12.5. The Kier molecular flexibility index (Phi) is 11.9. The van der Waals surface area contributed by atoms with E-state index in [0.717, 1.165) is 117 Å². The highest BCUT2D eigenvalue weighted by Crippen LogP contribution is 2.52. The first-order valence-corrected chi connectivity index (χ1v) is 38.4. The van der Waals surface area contributed by atoms with Crippen LogP contribution in [0.3, 0.4) is 0 Å². The molecule has 8 heteroatoms. The monoisotopic (exact) mass is 1420 g/mol. The summed E-state index contributed by atoms with van der Waals surface area (Å²) in [6.45, 7) is 0. The molecule has 26 rings (SSSR count). The summed E-state index contributed by atoms with van der Waals surface area (Å²) in [6, 6.07) is 129. The summed E-state index contributed by atoms with van der Waals surface area (Å²) in [7, 11) is 0. The summed E-state index contributed by atoms with van der Waals surface area (Å²) in [4.78, 5) is 22.5. The molecule has 0 amide bonds. The van der Waals surface area contributed by atoms with E-state index in [1.54, 1.807) is 0 Å². The predicted octanol–water partition coefficient (Wildman–Crippen LogP) is 27.0. The second kappa shape index (κ2) is 22.3. The van der Waals surface area contributed by atoms with Crippen molar-refractivity contribution in [1.82, 2.24) is 37.9 Å². The molecule has 0 radical (unpaired) electrons. The van der Waals surface area contributed by atoms with E-state index in [4.69, 9.17) is 19.9 Å². The minimum atomic E-state index is 0.819. The second-order valence-electron chi connectivity index (χ2n) is 30.3. The quantitative estimate of drug-likeness (QED) is 0.159. The standard InChI is InChI=1S/C104H58N8/c1-2-23-65-55-67(40-39-59(65)19-1)96-94(63-41-48-68(49-42-63)109-99-72-26-7-4-21-61(72)45-53-77(99)83-57-81-74-28-9-14-36-88(74)111-89-37-15-10-29-79(89)92(101(83)109)103(81)111)107-87-35-18-31-71(97(87)108-96)66-47-52-75-82-58-84-78-54-46-62-22-5-8-27-73(62)100(78)110(102(84)93-80-30-11-16-38-90(80)112(104(82)93)91(75)56-66)69-50-43-64(44-51-69)95-98(106-86-34-13-12-33-85(86)105-95)76-32-17-24-60-20-3-6-25-70(60)76/h1-58H. The van der Waals surface area contributed by atoms with Crippen LogP contribution in [0, 0.1) is 0 Å². The molecule has 0 N–H and O–H groups in total. The maximum Gasteiger partial charge on any atom is 0.0979 e. The fourth-order valence-electron chi connectivity index (χ4n) is 19.7. The Morgan fingerprint density at radius 2 is 0.580 bits per heavy atom. The Balaban J connectivity index is 0.658. The zero-order valence-corrected chi connectivity index (χ0v) is 60.1. The smallest absolute Gasteiger partial charge is 0.0979 e. The first kappa shape index (κ1) is 60.0. The number of fused-ring (bicyclic) bond motifs is 28. The Morgan fingerprint density at radius 3 is 1.20 bits per heavy atom. The molecule has 514 valence electrons. The van der Waals surface area contributed by atoms with Crippen LogP contribution in [0.15, 0.2) is 352 Å². The van der Waals surface area contributed by atoms with E-state index < -0.39 is 0 Å². The third kappa shape index (κ3) is 8.12. The minimum Gasteiger partial charge on any atom is -0.308 e. The van der Waals surface area contributed by atoms with Crippen molar-refractivity contribution in [2.45, 2.75) is 0 Å². The van der Waals surface area contributed by atoms with Crippen LogP contribution in [-0.4, -0.2) is 37.9 Å². The van der Waals surface area contributed by atoms with E-state index in [1.165, 1.54) is 136 Å². The van der Waals surface area contributed by atoms with Crippen molar-refractivity contribution in [3.8, 4) is 67.5 Å². The minimum absolute atomic E-state index is 0.819. The highest BCUT2D eigenvalue weighted by Gasteiger charge is 2.30. The molecule has 18 aromatic carbocycles. The molecule has 0 saturated heterocycles. The zero-order valence-electron chi connectivity index (χ0n) is 60.1. The molecule has 0 aliphatic rings. The van der Waals surface area contributed by atoms with Crippen LogP contribution in [-0.2, 0) is 0 Å². The molecule has 0 atom stereocenters. The molecule has 0 unspecified atom stereocenters. The average Bonchev–Trinajstić information content (AvgIpc) is 1.52. The molecule has 0 bridgehead atoms. The van der Waals surface area contributed by atoms with Gasteiger partial charge in [0.25, 0.3) is 0 Å². The van der Waals surface area contributed by atoms with Gasteiger partial charge in [-0.2, -0.15) is 0 Å². The Labute approximate surface area is 638 Å². The van der Waals surface area contributed by atoms with E-state index in [-0.39, 0.29) is 0 Å². The van der Waals surface area contributed by atoms with E-state index in [9.17, 15) is 0 Å². The highest BCUT2D eigenvalue weighted by molar-refractivity contribution is 6.37. The summed E-state index contributed by atoms with van der Waals surface area (Å²) in [5.74, 6) is 0. The van der Waals surface area contributed by atoms with Crippen molar-refractivity contribution in [2.75, 3.05) is 0 Å². The molecule has 8 nitrogen and oxygen atoms in total. The summed E-state index contributed by atoms with van der Waals surface area (Å²) in [5, 5.41) is 24.1. The van der Waals surface area contributed by atoms with Crippen LogP contribution in [0.5, 0.6) is 0 Å². The predicted molar refractivity (Wildman–Crippen MR) is 468 cm³/mol. The van der Waals surface area contributed by atoms with Crippen LogP contribution >= 0.6 is 0 Å². The zero-order chi connectivity index (χ0) is 72.7. The van der Waals surface area contributed by atoms with E-state index in [0.29, 0.717) is 0 Å². The van der Waals surface area contributed by atoms with E-state index in [1.807, 2.05) is 12.1 Å². The lowest BCUT2D eigenvalue weighted by atomic mass is 9.98. The maximum atomic E-state index is 5.90. The van der Waals surface area contributed by atoms with Gasteiger partial charge in [-0.25, -0.2) is 19.9 Å². The van der Waals surface area contributed by atoms with Crippen molar-refractivity contribution in [2.24, 2.45) is 0 Å². The van der Waals surface area contributed by atoms with E-state index >= 15 is 0 Å². The largest absolute Gasteiger partial charge is 0.308 e. The first-order valence-electron chi connectivity index (χ1n) is 38.4. The van der Waals surface area contributed by atoms with Crippen LogP contribution in [0.2, 0.25) is 0 Å². The van der Waals surface area contributed by atoms with E-state index in [2.05, 4.69) is 358 Å². The molecule has 8 heterocycles. The van der Waals surface area contributed by atoms with Gasteiger partial charge in [0.05, 0.1) is 100 Å². The molecule has 0 saturated carbocycles. The summed E-state index contributed by atoms with van der Waals surface area (Å²) in [5.41, 5.74) is 26.9. The second-order valence-corrected chi connectivity index (χ2v) is 30.3. The Bertz CT molecular complexity index is 8630.